The third-order valence-corrected chi connectivity index (χ3v) is 3.17. The highest BCUT2D eigenvalue weighted by Gasteiger charge is 2.20. The molecule has 0 spiro atoms. The van der Waals surface area contributed by atoms with Gasteiger partial charge in [-0.1, -0.05) is 60.7 Å². The van der Waals surface area contributed by atoms with Gasteiger partial charge in [-0.05, 0) is 11.1 Å². The largest absolute Gasteiger partial charge is 0.287 e. The van der Waals surface area contributed by atoms with Gasteiger partial charge in [0.15, 0.2) is 0 Å². The van der Waals surface area contributed by atoms with Gasteiger partial charge in [-0.3, -0.25) is 9.79 Å². The maximum absolute atomic E-state index is 12.5. The maximum Gasteiger partial charge on any atom is 0.211 e. The van der Waals surface area contributed by atoms with Crippen LogP contribution in [0.2, 0.25) is 0 Å². The summed E-state index contributed by atoms with van der Waals surface area (Å²) in [5.41, 5.74) is 3.33. The highest BCUT2D eigenvalue weighted by molar-refractivity contribution is 6.16. The normalized spacial score (nSPS) is 13.9. The Bertz CT molecular complexity index is 654. The molecule has 0 radical (unpaired) electrons. The summed E-state index contributed by atoms with van der Waals surface area (Å²) in [6.45, 7) is 0. The maximum atomic E-state index is 12.5. The highest BCUT2D eigenvalue weighted by atomic mass is 16.1. The molecular formula is C17H13NO. The van der Waals surface area contributed by atoms with Gasteiger partial charge in [0.25, 0.3) is 0 Å². The number of carbonyl (C=O) groups is 1. The Morgan fingerprint density at radius 1 is 0.895 bits per heavy atom. The fraction of sp³-hybridized carbons (Fsp3) is 0.0588. The Morgan fingerprint density at radius 3 is 2.21 bits per heavy atom. The second-order valence-corrected chi connectivity index (χ2v) is 4.40. The van der Waals surface area contributed by atoms with Crippen LogP contribution in [0.4, 0.5) is 0 Å². The van der Waals surface area contributed by atoms with Crippen LogP contribution in [0.3, 0.4) is 0 Å². The van der Waals surface area contributed by atoms with E-state index in [1.54, 1.807) is 6.21 Å². The summed E-state index contributed by atoms with van der Waals surface area (Å²) >= 11 is 0. The molecule has 2 heteroatoms. The number of rotatable bonds is 3. The number of allylic oxidation sites excluding steroid dienone is 2. The number of benzene rings is 2. The molecule has 92 valence electrons. The average molecular weight is 247 g/mol. The minimum Gasteiger partial charge on any atom is -0.287 e. The number of carbonyl (C=O) groups excluding carboxylic acids is 1. The van der Waals surface area contributed by atoms with Crippen LogP contribution in [-0.4, -0.2) is 12.0 Å². The van der Waals surface area contributed by atoms with E-state index in [1.807, 2.05) is 60.7 Å². The molecule has 1 aliphatic rings. The number of hydrogen-bond acceptors (Lipinski definition) is 2. The van der Waals surface area contributed by atoms with Crippen molar-refractivity contribution in [1.29, 1.82) is 0 Å². The summed E-state index contributed by atoms with van der Waals surface area (Å²) in [6.07, 6.45) is 2.52. The van der Waals surface area contributed by atoms with E-state index in [0.717, 1.165) is 17.6 Å². The van der Waals surface area contributed by atoms with Crippen LogP contribution in [0.1, 0.15) is 22.3 Å². The Labute approximate surface area is 112 Å². The zero-order valence-corrected chi connectivity index (χ0v) is 10.4. The lowest BCUT2D eigenvalue weighted by Gasteiger charge is -2.05. The molecule has 19 heavy (non-hydrogen) atoms. The lowest BCUT2D eigenvalue weighted by atomic mass is 9.99. The van der Waals surface area contributed by atoms with Crippen molar-refractivity contribution >= 4 is 17.6 Å². The zero-order valence-electron chi connectivity index (χ0n) is 10.4. The van der Waals surface area contributed by atoms with Crippen molar-refractivity contribution in [3.63, 3.8) is 0 Å². The van der Waals surface area contributed by atoms with Gasteiger partial charge < -0.3 is 0 Å². The monoisotopic (exact) mass is 247 g/mol. The molecule has 2 aromatic rings. The first-order valence-electron chi connectivity index (χ1n) is 6.27. The second-order valence-electron chi connectivity index (χ2n) is 4.40. The van der Waals surface area contributed by atoms with Crippen LogP contribution < -0.4 is 0 Å². The van der Waals surface area contributed by atoms with Crippen LogP contribution in [0.25, 0.3) is 5.57 Å². The van der Waals surface area contributed by atoms with E-state index in [4.69, 9.17) is 0 Å². The SMILES string of the molecule is O=C(C1=C(c2ccccc2)CC=N1)c1ccccc1. The van der Waals surface area contributed by atoms with E-state index >= 15 is 0 Å². The van der Waals surface area contributed by atoms with Crippen molar-refractivity contribution in [2.45, 2.75) is 6.42 Å². The van der Waals surface area contributed by atoms with E-state index in [0.29, 0.717) is 11.3 Å². The molecule has 0 saturated heterocycles. The number of Topliss-reactive ketones (excluding diaryl/α,β-unsaturated/α-hetero) is 1. The first kappa shape index (κ1) is 11.6. The summed E-state index contributed by atoms with van der Waals surface area (Å²) in [6, 6.07) is 19.3. The first-order chi connectivity index (χ1) is 9.36. The van der Waals surface area contributed by atoms with E-state index in [1.165, 1.54) is 0 Å². The van der Waals surface area contributed by atoms with Gasteiger partial charge in [0.2, 0.25) is 5.78 Å². The molecular weight excluding hydrogens is 234 g/mol. The summed E-state index contributed by atoms with van der Waals surface area (Å²) in [7, 11) is 0. The number of nitrogens with zero attached hydrogens (tertiary/aromatic N) is 1. The number of hydrogen-bond donors (Lipinski definition) is 0. The molecule has 3 rings (SSSR count). The topological polar surface area (TPSA) is 29.4 Å². The van der Waals surface area contributed by atoms with Gasteiger partial charge in [-0.2, -0.15) is 0 Å². The fourth-order valence-corrected chi connectivity index (χ4v) is 2.22. The number of aliphatic imine (C=N–C) groups is 1. The molecule has 1 heterocycles. The van der Waals surface area contributed by atoms with E-state index in [-0.39, 0.29) is 5.78 Å². The molecule has 2 nitrogen and oxygen atoms in total. The van der Waals surface area contributed by atoms with Gasteiger partial charge in [-0.25, -0.2) is 0 Å². The molecule has 0 N–H and O–H groups in total. The standard InChI is InChI=1S/C17H13NO/c19-17(14-9-5-2-6-10-14)16-15(11-12-18-16)13-7-3-1-4-8-13/h1-10,12H,11H2. The zero-order chi connectivity index (χ0) is 13.1. The average Bonchev–Trinajstić information content (AvgIpc) is 2.98. The Kier molecular flexibility index (Phi) is 3.07. The minimum atomic E-state index is -0.00629. The molecule has 2 aromatic carbocycles. The summed E-state index contributed by atoms with van der Waals surface area (Å²) in [5, 5.41) is 0. The Hall–Kier alpha value is -2.48. The third kappa shape index (κ3) is 2.25. The predicted molar refractivity (Wildman–Crippen MR) is 77.2 cm³/mol. The van der Waals surface area contributed by atoms with Crippen LogP contribution in [-0.2, 0) is 0 Å². The van der Waals surface area contributed by atoms with E-state index in [9.17, 15) is 4.79 Å². The third-order valence-electron chi connectivity index (χ3n) is 3.17. The van der Waals surface area contributed by atoms with Crippen molar-refractivity contribution in [2.24, 2.45) is 4.99 Å². The summed E-state index contributed by atoms with van der Waals surface area (Å²) in [4.78, 5) is 16.7. The Morgan fingerprint density at radius 2 is 1.53 bits per heavy atom. The predicted octanol–water partition coefficient (Wildman–Crippen LogP) is 3.76. The minimum absolute atomic E-state index is 0.00629. The smallest absolute Gasteiger partial charge is 0.211 e. The van der Waals surface area contributed by atoms with Crippen molar-refractivity contribution < 1.29 is 4.79 Å². The first-order valence-corrected chi connectivity index (χ1v) is 6.27. The van der Waals surface area contributed by atoms with Crippen molar-refractivity contribution in [3.05, 3.63) is 77.5 Å². The van der Waals surface area contributed by atoms with Gasteiger partial charge in [0, 0.05) is 18.2 Å². The van der Waals surface area contributed by atoms with Gasteiger partial charge in [0.1, 0.15) is 5.70 Å². The van der Waals surface area contributed by atoms with Crippen molar-refractivity contribution in [1.82, 2.24) is 0 Å². The lowest BCUT2D eigenvalue weighted by Crippen LogP contribution is -2.02. The van der Waals surface area contributed by atoms with Crippen LogP contribution >= 0.6 is 0 Å². The highest BCUT2D eigenvalue weighted by Crippen LogP contribution is 2.28. The Balaban J connectivity index is 2.03. The van der Waals surface area contributed by atoms with Gasteiger partial charge >= 0.3 is 0 Å². The van der Waals surface area contributed by atoms with E-state index < -0.39 is 0 Å². The van der Waals surface area contributed by atoms with Gasteiger partial charge in [0.05, 0.1) is 0 Å². The van der Waals surface area contributed by atoms with Crippen molar-refractivity contribution in [2.75, 3.05) is 0 Å². The van der Waals surface area contributed by atoms with Crippen LogP contribution in [0.5, 0.6) is 0 Å². The van der Waals surface area contributed by atoms with Gasteiger partial charge in [-0.15, -0.1) is 0 Å². The lowest BCUT2D eigenvalue weighted by molar-refractivity contribution is 0.103. The summed E-state index contributed by atoms with van der Waals surface area (Å²) < 4.78 is 0. The fourth-order valence-electron chi connectivity index (χ4n) is 2.22. The molecule has 0 bridgehead atoms. The molecule has 0 unspecified atom stereocenters. The number of ketones is 1. The molecule has 0 aromatic heterocycles. The molecule has 0 amide bonds. The molecule has 1 aliphatic heterocycles. The van der Waals surface area contributed by atoms with Crippen LogP contribution in [0, 0.1) is 0 Å². The molecule has 0 saturated carbocycles. The van der Waals surface area contributed by atoms with Crippen LogP contribution in [0.15, 0.2) is 71.4 Å². The summed E-state index contributed by atoms with van der Waals surface area (Å²) in [5.74, 6) is -0.00629. The second kappa shape index (κ2) is 5.02. The molecule has 0 atom stereocenters. The van der Waals surface area contributed by atoms with Crippen molar-refractivity contribution in [3.8, 4) is 0 Å². The quantitative estimate of drug-likeness (QED) is 0.759. The van der Waals surface area contributed by atoms with E-state index in [2.05, 4.69) is 4.99 Å². The molecule has 0 aliphatic carbocycles. The molecule has 0 fully saturated rings.